The number of aliphatic hydroxyl groups is 1. The summed E-state index contributed by atoms with van der Waals surface area (Å²) < 4.78 is 19.2. The normalized spacial score (nSPS) is 9.95. The summed E-state index contributed by atoms with van der Waals surface area (Å²) in [6, 6.07) is 13.0. The predicted octanol–water partition coefficient (Wildman–Crippen LogP) is 3.02. The van der Waals surface area contributed by atoms with E-state index in [1.807, 2.05) is 18.2 Å². The summed E-state index contributed by atoms with van der Waals surface area (Å²) in [6.07, 6.45) is 0.439. The quantitative estimate of drug-likeness (QED) is 0.915. The largest absolute Gasteiger partial charge is 0.454 e. The number of para-hydroxylation sites is 1. The fraction of sp³-hybridized carbons (Fsp3) is 0.133. The lowest BCUT2D eigenvalue weighted by Crippen LogP contribution is -1.96. The van der Waals surface area contributed by atoms with Crippen LogP contribution < -0.4 is 4.74 Å². The van der Waals surface area contributed by atoms with Crippen LogP contribution in [0.25, 0.3) is 0 Å². The Bertz CT molecular complexity index is 620. The summed E-state index contributed by atoms with van der Waals surface area (Å²) in [5.41, 5.74) is 1.04. The van der Waals surface area contributed by atoms with Crippen molar-refractivity contribution in [3.05, 3.63) is 59.4 Å². The molecular formula is C15H12FNO2. The maximum atomic E-state index is 13.7. The van der Waals surface area contributed by atoms with Gasteiger partial charge < -0.3 is 9.84 Å². The van der Waals surface area contributed by atoms with Crippen LogP contribution >= 0.6 is 0 Å². The molecular weight excluding hydrogens is 245 g/mol. The lowest BCUT2D eigenvalue weighted by molar-refractivity contribution is 0.297. The average Bonchev–Trinajstić information content (AvgIpc) is 2.43. The van der Waals surface area contributed by atoms with Gasteiger partial charge in [-0.3, -0.25) is 0 Å². The number of hydrogen-bond donors (Lipinski definition) is 1. The Labute approximate surface area is 110 Å². The molecule has 0 saturated carbocycles. The van der Waals surface area contributed by atoms with E-state index in [1.165, 1.54) is 12.1 Å². The van der Waals surface area contributed by atoms with E-state index in [0.717, 1.165) is 11.6 Å². The van der Waals surface area contributed by atoms with Crippen molar-refractivity contribution < 1.29 is 14.2 Å². The fourth-order valence-electron chi connectivity index (χ4n) is 1.70. The Morgan fingerprint density at radius 2 is 1.95 bits per heavy atom. The highest BCUT2D eigenvalue weighted by molar-refractivity contribution is 5.41. The number of halogens is 1. The smallest absolute Gasteiger partial charge is 0.167 e. The molecule has 0 aliphatic heterocycles. The molecule has 0 bridgehead atoms. The maximum absolute atomic E-state index is 13.7. The monoisotopic (exact) mass is 257 g/mol. The first-order valence-electron chi connectivity index (χ1n) is 5.81. The molecule has 2 aromatic carbocycles. The molecule has 0 spiro atoms. The van der Waals surface area contributed by atoms with E-state index in [-0.39, 0.29) is 17.9 Å². The number of ether oxygens (including phenoxy) is 1. The van der Waals surface area contributed by atoms with Crippen LogP contribution in [0.15, 0.2) is 42.5 Å². The number of aliphatic hydroxyl groups excluding tert-OH is 1. The van der Waals surface area contributed by atoms with E-state index in [2.05, 4.69) is 0 Å². The van der Waals surface area contributed by atoms with Gasteiger partial charge in [-0.1, -0.05) is 18.2 Å². The third kappa shape index (κ3) is 3.09. The Morgan fingerprint density at radius 3 is 2.63 bits per heavy atom. The van der Waals surface area contributed by atoms with Crippen molar-refractivity contribution in [2.75, 3.05) is 6.61 Å². The van der Waals surface area contributed by atoms with Crippen LogP contribution in [0.5, 0.6) is 11.5 Å². The van der Waals surface area contributed by atoms with Gasteiger partial charge in [0.15, 0.2) is 11.6 Å². The molecule has 0 aliphatic rings. The van der Waals surface area contributed by atoms with Crippen molar-refractivity contribution >= 4 is 0 Å². The van der Waals surface area contributed by atoms with Crippen LogP contribution in [-0.2, 0) is 6.42 Å². The zero-order valence-corrected chi connectivity index (χ0v) is 10.1. The van der Waals surface area contributed by atoms with Gasteiger partial charge in [0.25, 0.3) is 0 Å². The Kier molecular flexibility index (Phi) is 4.11. The molecule has 0 atom stereocenters. The fourth-order valence-corrected chi connectivity index (χ4v) is 1.70. The zero-order valence-electron chi connectivity index (χ0n) is 10.1. The minimum Gasteiger partial charge on any atom is -0.454 e. The van der Waals surface area contributed by atoms with Crippen molar-refractivity contribution in [3.63, 3.8) is 0 Å². The van der Waals surface area contributed by atoms with Gasteiger partial charge in [-0.25, -0.2) is 4.39 Å². The van der Waals surface area contributed by atoms with E-state index in [1.54, 1.807) is 12.1 Å². The van der Waals surface area contributed by atoms with Crippen molar-refractivity contribution in [1.29, 1.82) is 5.26 Å². The maximum Gasteiger partial charge on any atom is 0.167 e. The van der Waals surface area contributed by atoms with Crippen LogP contribution in [0, 0.1) is 17.1 Å². The topological polar surface area (TPSA) is 53.2 Å². The van der Waals surface area contributed by atoms with E-state index in [0.29, 0.717) is 12.2 Å². The van der Waals surface area contributed by atoms with E-state index in [4.69, 9.17) is 15.1 Å². The molecule has 3 nitrogen and oxygen atoms in total. The van der Waals surface area contributed by atoms with Crippen molar-refractivity contribution in [1.82, 2.24) is 0 Å². The molecule has 0 aromatic heterocycles. The van der Waals surface area contributed by atoms with Gasteiger partial charge >= 0.3 is 0 Å². The number of rotatable bonds is 4. The Hall–Kier alpha value is -2.38. The Balaban J connectivity index is 2.29. The first-order valence-corrected chi connectivity index (χ1v) is 5.81. The second-order valence-electron chi connectivity index (χ2n) is 3.94. The summed E-state index contributed by atoms with van der Waals surface area (Å²) in [4.78, 5) is 0. The molecule has 0 radical (unpaired) electrons. The van der Waals surface area contributed by atoms with Gasteiger partial charge in [0.05, 0.1) is 11.6 Å². The molecule has 0 unspecified atom stereocenters. The van der Waals surface area contributed by atoms with Gasteiger partial charge in [-0.05, 0) is 36.2 Å². The van der Waals surface area contributed by atoms with Gasteiger partial charge in [0.2, 0.25) is 0 Å². The van der Waals surface area contributed by atoms with Gasteiger partial charge in [-0.15, -0.1) is 0 Å². The SMILES string of the molecule is N#Cc1ccc(Oc2ccccc2CCO)c(F)c1. The average molecular weight is 257 g/mol. The molecule has 19 heavy (non-hydrogen) atoms. The summed E-state index contributed by atoms with van der Waals surface area (Å²) >= 11 is 0. The highest BCUT2D eigenvalue weighted by atomic mass is 19.1. The molecule has 0 heterocycles. The van der Waals surface area contributed by atoms with Gasteiger partial charge in [-0.2, -0.15) is 5.26 Å². The van der Waals surface area contributed by atoms with E-state index >= 15 is 0 Å². The highest BCUT2D eigenvalue weighted by Crippen LogP contribution is 2.28. The molecule has 0 saturated heterocycles. The summed E-state index contributed by atoms with van der Waals surface area (Å²) in [7, 11) is 0. The minimum atomic E-state index is -0.585. The Morgan fingerprint density at radius 1 is 1.16 bits per heavy atom. The number of hydrogen-bond acceptors (Lipinski definition) is 3. The van der Waals surface area contributed by atoms with Crippen LogP contribution in [0.4, 0.5) is 4.39 Å². The second-order valence-corrected chi connectivity index (χ2v) is 3.94. The van der Waals surface area contributed by atoms with Gasteiger partial charge in [0, 0.05) is 6.61 Å². The lowest BCUT2D eigenvalue weighted by Gasteiger charge is -2.11. The molecule has 0 amide bonds. The van der Waals surface area contributed by atoms with Crippen LogP contribution in [0.1, 0.15) is 11.1 Å². The van der Waals surface area contributed by atoms with Crippen molar-refractivity contribution in [2.45, 2.75) is 6.42 Å². The first-order chi connectivity index (χ1) is 9.24. The standard InChI is InChI=1S/C15H12FNO2/c16-13-9-11(10-17)5-6-15(13)19-14-4-2-1-3-12(14)7-8-18/h1-6,9,18H,7-8H2. The third-order valence-electron chi connectivity index (χ3n) is 2.63. The molecule has 4 heteroatoms. The lowest BCUT2D eigenvalue weighted by atomic mass is 10.1. The predicted molar refractivity (Wildman–Crippen MR) is 68.4 cm³/mol. The number of nitriles is 1. The van der Waals surface area contributed by atoms with E-state index in [9.17, 15) is 4.39 Å². The molecule has 0 aliphatic carbocycles. The number of nitrogens with zero attached hydrogens (tertiary/aromatic N) is 1. The van der Waals surface area contributed by atoms with Crippen LogP contribution in [0.2, 0.25) is 0 Å². The zero-order chi connectivity index (χ0) is 13.7. The summed E-state index contributed by atoms with van der Waals surface area (Å²) in [5, 5.41) is 17.6. The molecule has 0 fully saturated rings. The molecule has 96 valence electrons. The second kappa shape index (κ2) is 5.98. The van der Waals surface area contributed by atoms with Gasteiger partial charge in [0.1, 0.15) is 5.75 Å². The molecule has 2 aromatic rings. The van der Waals surface area contributed by atoms with E-state index < -0.39 is 5.82 Å². The van der Waals surface area contributed by atoms with Crippen LogP contribution in [-0.4, -0.2) is 11.7 Å². The highest BCUT2D eigenvalue weighted by Gasteiger charge is 2.08. The number of benzene rings is 2. The summed E-state index contributed by atoms with van der Waals surface area (Å²) in [5.74, 6) is -0.0256. The first kappa shape index (κ1) is 13.1. The van der Waals surface area contributed by atoms with Crippen molar-refractivity contribution in [2.24, 2.45) is 0 Å². The summed E-state index contributed by atoms with van der Waals surface area (Å²) in [6.45, 7) is -0.00374. The van der Waals surface area contributed by atoms with Crippen LogP contribution in [0.3, 0.4) is 0 Å². The van der Waals surface area contributed by atoms with Crippen molar-refractivity contribution in [3.8, 4) is 17.6 Å². The third-order valence-corrected chi connectivity index (χ3v) is 2.63. The minimum absolute atomic E-state index is 0.00374. The molecule has 2 rings (SSSR count). The molecule has 1 N–H and O–H groups in total.